The Morgan fingerprint density at radius 3 is 2.77 bits per heavy atom. The lowest BCUT2D eigenvalue weighted by atomic mass is 10.3. The van der Waals surface area contributed by atoms with Crippen molar-refractivity contribution in [3.8, 4) is 10.6 Å². The van der Waals surface area contributed by atoms with Gasteiger partial charge in [0.05, 0.1) is 13.7 Å². The first-order chi connectivity index (χ1) is 6.16. The Labute approximate surface area is 93.3 Å². The summed E-state index contributed by atoms with van der Waals surface area (Å²) >= 11 is 10.8. The molecule has 0 N–H and O–H groups in total. The van der Waals surface area contributed by atoms with Crippen LogP contribution in [0.25, 0.3) is 10.6 Å². The molecule has 68 valence electrons. The molecule has 0 spiro atoms. The number of aryl methyl sites for hydroxylation is 1. The second-order valence-corrected chi connectivity index (χ2v) is 5.17. The minimum Gasteiger partial charge on any atom is -0.274 e. The average Bonchev–Trinajstić information content (AvgIpc) is 2.58. The van der Waals surface area contributed by atoms with Crippen LogP contribution in [0, 0.1) is 0 Å². The van der Waals surface area contributed by atoms with Crippen LogP contribution in [-0.2, 0) is 7.05 Å². The van der Waals surface area contributed by atoms with Gasteiger partial charge in [0.15, 0.2) is 0 Å². The molecule has 2 nitrogen and oxygen atoms in total. The molecule has 0 unspecified atom stereocenters. The van der Waals surface area contributed by atoms with Gasteiger partial charge in [-0.3, -0.25) is 4.68 Å². The molecule has 0 saturated heterocycles. The minimum atomic E-state index is 0.785. The predicted octanol–water partition coefficient (Wildman–Crippen LogP) is 3.56. The zero-order valence-electron chi connectivity index (χ0n) is 6.79. The third-order valence-corrected chi connectivity index (χ3v) is 3.41. The molecule has 0 aliphatic heterocycles. The van der Waals surface area contributed by atoms with Crippen LogP contribution in [0.3, 0.4) is 0 Å². The molecule has 0 saturated carbocycles. The van der Waals surface area contributed by atoms with E-state index in [1.165, 1.54) is 11.3 Å². The summed E-state index contributed by atoms with van der Waals surface area (Å²) in [5.74, 6) is 0. The van der Waals surface area contributed by atoms with Gasteiger partial charge in [0.1, 0.15) is 5.69 Å². The number of hydrogen-bond donors (Lipinski definition) is 0. The topological polar surface area (TPSA) is 17.8 Å². The van der Waals surface area contributed by atoms with E-state index >= 15 is 0 Å². The molecule has 0 bridgehead atoms. The number of halogens is 2. The number of hydrogen-bond acceptors (Lipinski definition) is 2. The van der Waals surface area contributed by atoms with Gasteiger partial charge in [0, 0.05) is 13.2 Å². The van der Waals surface area contributed by atoms with Crippen molar-refractivity contribution in [1.29, 1.82) is 0 Å². The Morgan fingerprint density at radius 2 is 2.31 bits per heavy atom. The van der Waals surface area contributed by atoms with Gasteiger partial charge in [-0.1, -0.05) is 11.6 Å². The van der Waals surface area contributed by atoms with Crippen LogP contribution >= 0.6 is 38.9 Å². The maximum absolute atomic E-state index is 5.84. The molecule has 2 rings (SSSR count). The van der Waals surface area contributed by atoms with Crippen LogP contribution in [0.1, 0.15) is 0 Å². The fourth-order valence-corrected chi connectivity index (χ4v) is 2.83. The number of thiophene rings is 1. The smallest absolute Gasteiger partial charge is 0.116 e. The molecule has 2 heterocycles. The van der Waals surface area contributed by atoms with E-state index < -0.39 is 0 Å². The van der Waals surface area contributed by atoms with Gasteiger partial charge in [0.25, 0.3) is 0 Å². The molecule has 2 aromatic rings. The van der Waals surface area contributed by atoms with Crippen molar-refractivity contribution in [2.75, 3.05) is 0 Å². The van der Waals surface area contributed by atoms with Gasteiger partial charge >= 0.3 is 0 Å². The normalized spacial score (nSPS) is 10.7. The van der Waals surface area contributed by atoms with Gasteiger partial charge < -0.3 is 0 Å². The predicted molar refractivity (Wildman–Crippen MR) is 59.2 cm³/mol. The maximum Gasteiger partial charge on any atom is 0.116 e. The zero-order chi connectivity index (χ0) is 9.42. The first-order valence-electron chi connectivity index (χ1n) is 3.61. The fourth-order valence-electron chi connectivity index (χ4n) is 1.07. The molecule has 0 fully saturated rings. The lowest BCUT2D eigenvalue weighted by Gasteiger charge is -1.89. The molecular weight excluding hydrogens is 272 g/mol. The quantitative estimate of drug-likeness (QED) is 0.779. The number of aromatic nitrogens is 2. The van der Waals surface area contributed by atoms with Crippen LogP contribution in [0.2, 0.25) is 4.34 Å². The summed E-state index contributed by atoms with van der Waals surface area (Å²) in [5.41, 5.74) is 0.944. The van der Waals surface area contributed by atoms with E-state index in [0.29, 0.717) is 0 Å². The molecular formula is C8H6BrClN2S. The highest BCUT2D eigenvalue weighted by Crippen LogP contribution is 2.33. The Hall–Kier alpha value is -0.320. The van der Waals surface area contributed by atoms with E-state index in [1.54, 1.807) is 4.68 Å². The van der Waals surface area contributed by atoms with Gasteiger partial charge in [-0.05, 0) is 28.1 Å². The van der Waals surface area contributed by atoms with Crippen molar-refractivity contribution in [3.63, 3.8) is 0 Å². The van der Waals surface area contributed by atoms with Crippen LogP contribution in [-0.4, -0.2) is 9.78 Å². The Kier molecular flexibility index (Phi) is 2.45. The van der Waals surface area contributed by atoms with Gasteiger partial charge in [-0.15, -0.1) is 11.3 Å². The third-order valence-electron chi connectivity index (χ3n) is 1.59. The van der Waals surface area contributed by atoms with Crippen molar-refractivity contribution in [1.82, 2.24) is 9.78 Å². The van der Waals surface area contributed by atoms with E-state index in [2.05, 4.69) is 21.0 Å². The number of rotatable bonds is 1. The molecule has 0 amide bonds. The lowest BCUT2D eigenvalue weighted by Crippen LogP contribution is -1.86. The van der Waals surface area contributed by atoms with Crippen LogP contribution in [0.4, 0.5) is 0 Å². The molecule has 0 atom stereocenters. The average molecular weight is 278 g/mol. The van der Waals surface area contributed by atoms with Gasteiger partial charge in [-0.2, -0.15) is 5.10 Å². The van der Waals surface area contributed by atoms with Gasteiger partial charge in [0.2, 0.25) is 0 Å². The van der Waals surface area contributed by atoms with Crippen molar-refractivity contribution in [2.45, 2.75) is 0 Å². The summed E-state index contributed by atoms with van der Waals surface area (Å²) in [6, 6.07) is 3.85. The highest BCUT2D eigenvalue weighted by molar-refractivity contribution is 9.10. The van der Waals surface area contributed by atoms with Crippen molar-refractivity contribution in [3.05, 3.63) is 27.1 Å². The lowest BCUT2D eigenvalue weighted by molar-refractivity contribution is 0.771. The zero-order valence-corrected chi connectivity index (χ0v) is 9.95. The largest absolute Gasteiger partial charge is 0.274 e. The van der Waals surface area contributed by atoms with Crippen LogP contribution in [0.5, 0.6) is 0 Å². The third kappa shape index (κ3) is 1.80. The fraction of sp³-hybridized carbons (Fsp3) is 0.125. The van der Waals surface area contributed by atoms with Crippen molar-refractivity contribution in [2.24, 2.45) is 7.05 Å². The molecule has 0 aliphatic rings. The number of nitrogens with zero attached hydrogens (tertiary/aromatic N) is 2. The van der Waals surface area contributed by atoms with E-state index in [-0.39, 0.29) is 0 Å². The second kappa shape index (κ2) is 3.44. The SMILES string of the molecule is Cn1cc(Br)c(-c2ccc(Cl)s2)n1. The summed E-state index contributed by atoms with van der Waals surface area (Å²) in [4.78, 5) is 1.08. The maximum atomic E-state index is 5.84. The van der Waals surface area contributed by atoms with Crippen molar-refractivity contribution >= 4 is 38.9 Å². The van der Waals surface area contributed by atoms with Gasteiger partial charge in [-0.25, -0.2) is 0 Å². The van der Waals surface area contributed by atoms with Crippen LogP contribution in [0.15, 0.2) is 22.8 Å². The van der Waals surface area contributed by atoms with Crippen molar-refractivity contribution < 1.29 is 0 Å². The second-order valence-electron chi connectivity index (χ2n) is 2.60. The van der Waals surface area contributed by atoms with E-state index in [0.717, 1.165) is 19.4 Å². The minimum absolute atomic E-state index is 0.785. The molecule has 13 heavy (non-hydrogen) atoms. The summed E-state index contributed by atoms with van der Waals surface area (Å²) in [7, 11) is 1.89. The Bertz CT molecular complexity index is 435. The van der Waals surface area contributed by atoms with E-state index in [4.69, 9.17) is 11.6 Å². The first-order valence-corrected chi connectivity index (χ1v) is 5.60. The molecule has 5 heteroatoms. The van der Waals surface area contributed by atoms with E-state index in [9.17, 15) is 0 Å². The molecule has 2 aromatic heterocycles. The molecule has 0 aliphatic carbocycles. The Morgan fingerprint density at radius 1 is 1.54 bits per heavy atom. The monoisotopic (exact) mass is 276 g/mol. The van der Waals surface area contributed by atoms with Crippen LogP contribution < -0.4 is 0 Å². The first kappa shape index (κ1) is 9.24. The van der Waals surface area contributed by atoms with E-state index in [1.807, 2.05) is 25.4 Å². The highest BCUT2D eigenvalue weighted by atomic mass is 79.9. The summed E-state index contributed by atoms with van der Waals surface area (Å²) in [6.07, 6.45) is 1.92. The standard InChI is InChI=1S/C8H6BrClN2S/c1-12-4-5(9)8(11-12)6-2-3-7(10)13-6/h2-4H,1H3. The molecule has 0 radical (unpaired) electrons. The molecule has 0 aromatic carbocycles. The summed E-state index contributed by atoms with van der Waals surface area (Å²) in [6.45, 7) is 0. The summed E-state index contributed by atoms with van der Waals surface area (Å²) in [5, 5.41) is 4.32. The highest BCUT2D eigenvalue weighted by Gasteiger charge is 2.09. The summed E-state index contributed by atoms with van der Waals surface area (Å²) < 4.78 is 3.55. The Balaban J connectivity index is 2.51.